The summed E-state index contributed by atoms with van der Waals surface area (Å²) in [6.45, 7) is 12.9. The lowest BCUT2D eigenvalue weighted by molar-refractivity contribution is 0.0694. The SMILES string of the molecule is Cc1cc(C)c(C(=O)Oc2c(C)c(C)c(C(=O)O)c(C)c2-c2cccc(O)c2)c(C)c1C. The molecule has 0 bridgehead atoms. The number of esters is 1. The lowest BCUT2D eigenvalue weighted by Crippen LogP contribution is -2.16. The molecule has 0 fully saturated rings. The predicted octanol–water partition coefficient (Wildman–Crippen LogP) is 6.14. The summed E-state index contributed by atoms with van der Waals surface area (Å²) >= 11 is 0. The first kappa shape index (κ1) is 23.1. The van der Waals surface area contributed by atoms with Crippen LogP contribution in [0.1, 0.15) is 59.7 Å². The van der Waals surface area contributed by atoms with E-state index in [1.54, 1.807) is 32.9 Å². The lowest BCUT2D eigenvalue weighted by atomic mass is 9.88. The third-order valence-electron chi connectivity index (χ3n) is 6.36. The summed E-state index contributed by atoms with van der Waals surface area (Å²) in [6.07, 6.45) is 0. The number of phenols is 1. The summed E-state index contributed by atoms with van der Waals surface area (Å²) in [6, 6.07) is 8.46. The van der Waals surface area contributed by atoms with Crippen LogP contribution in [0, 0.1) is 48.5 Å². The number of benzene rings is 3. The van der Waals surface area contributed by atoms with E-state index in [0.29, 0.717) is 39.1 Å². The number of phenolic OH excluding ortho intramolecular Hbond substituents is 1. The third kappa shape index (κ3) is 3.86. The van der Waals surface area contributed by atoms with E-state index in [4.69, 9.17) is 4.74 Å². The number of carbonyl (C=O) groups is 2. The van der Waals surface area contributed by atoms with Crippen molar-refractivity contribution in [3.8, 4) is 22.6 Å². The molecule has 0 aliphatic carbocycles. The second kappa shape index (κ2) is 8.50. The zero-order chi connectivity index (χ0) is 23.9. The van der Waals surface area contributed by atoms with E-state index in [1.807, 2.05) is 33.8 Å². The van der Waals surface area contributed by atoms with Gasteiger partial charge in [-0.2, -0.15) is 0 Å². The second-order valence-corrected chi connectivity index (χ2v) is 8.33. The van der Waals surface area contributed by atoms with Crippen LogP contribution in [0.2, 0.25) is 0 Å². The fourth-order valence-electron chi connectivity index (χ4n) is 4.32. The molecule has 5 heteroatoms. The van der Waals surface area contributed by atoms with E-state index in [2.05, 4.69) is 0 Å². The zero-order valence-electron chi connectivity index (χ0n) is 19.5. The van der Waals surface area contributed by atoms with E-state index in [0.717, 1.165) is 22.3 Å². The molecule has 0 aliphatic heterocycles. The first-order valence-corrected chi connectivity index (χ1v) is 10.4. The Hall–Kier alpha value is -3.60. The minimum absolute atomic E-state index is 0.0372. The number of aryl methyl sites for hydroxylation is 2. The van der Waals surface area contributed by atoms with Crippen LogP contribution in [0.4, 0.5) is 0 Å². The van der Waals surface area contributed by atoms with Crippen molar-refractivity contribution in [1.29, 1.82) is 0 Å². The summed E-state index contributed by atoms with van der Waals surface area (Å²) in [7, 11) is 0. The van der Waals surface area contributed by atoms with E-state index in [-0.39, 0.29) is 11.3 Å². The fourth-order valence-corrected chi connectivity index (χ4v) is 4.32. The summed E-state index contributed by atoms with van der Waals surface area (Å²) in [4.78, 5) is 25.4. The number of rotatable bonds is 4. The topological polar surface area (TPSA) is 83.8 Å². The van der Waals surface area contributed by atoms with Crippen LogP contribution < -0.4 is 4.74 Å². The van der Waals surface area contributed by atoms with E-state index >= 15 is 0 Å². The number of aromatic carboxylic acids is 1. The van der Waals surface area contributed by atoms with Gasteiger partial charge in [0.25, 0.3) is 0 Å². The van der Waals surface area contributed by atoms with Crippen LogP contribution in [0.3, 0.4) is 0 Å². The van der Waals surface area contributed by atoms with Crippen LogP contribution in [0.15, 0.2) is 30.3 Å². The van der Waals surface area contributed by atoms with Gasteiger partial charge in [0, 0.05) is 5.56 Å². The van der Waals surface area contributed by atoms with E-state index in [1.165, 1.54) is 12.1 Å². The molecule has 0 saturated heterocycles. The minimum Gasteiger partial charge on any atom is -0.508 e. The van der Waals surface area contributed by atoms with Crippen molar-refractivity contribution in [3.05, 3.63) is 80.4 Å². The maximum Gasteiger partial charge on any atom is 0.344 e. The summed E-state index contributed by atoms with van der Waals surface area (Å²) in [5.74, 6) is -1.20. The van der Waals surface area contributed by atoms with Gasteiger partial charge in [0.15, 0.2) is 0 Å². The molecule has 2 N–H and O–H groups in total. The Balaban J connectivity index is 2.29. The summed E-state index contributed by atoms with van der Waals surface area (Å²) in [5.41, 5.74) is 7.12. The normalized spacial score (nSPS) is 10.8. The number of carbonyl (C=O) groups excluding carboxylic acids is 1. The van der Waals surface area contributed by atoms with Crippen LogP contribution in [0.5, 0.6) is 11.5 Å². The summed E-state index contributed by atoms with van der Waals surface area (Å²) in [5, 5.41) is 19.8. The number of carboxylic acids is 1. The molecular weight excluding hydrogens is 404 g/mol. The Labute approximate surface area is 188 Å². The van der Waals surface area contributed by atoms with Gasteiger partial charge in [-0.3, -0.25) is 0 Å². The van der Waals surface area contributed by atoms with Gasteiger partial charge in [0.2, 0.25) is 0 Å². The van der Waals surface area contributed by atoms with Gasteiger partial charge in [-0.25, -0.2) is 9.59 Å². The molecule has 3 rings (SSSR count). The number of carboxylic acid groups (broad SMARTS) is 1. The Bertz CT molecular complexity index is 1270. The maximum absolute atomic E-state index is 13.4. The standard InChI is InChI=1S/C27H28O5/c1-13-11-14(2)22(16(4)15(13)3)27(31)32-25-18(6)17(5)23(26(29)30)19(7)24(25)20-9-8-10-21(28)12-20/h8-12,28H,1-7H3,(H,29,30). The van der Waals surface area contributed by atoms with Gasteiger partial charge in [0.05, 0.1) is 11.1 Å². The molecular formula is C27H28O5. The Morgan fingerprint density at radius 2 is 1.38 bits per heavy atom. The van der Waals surface area contributed by atoms with Crippen molar-refractivity contribution in [2.75, 3.05) is 0 Å². The molecule has 0 heterocycles. The molecule has 0 saturated carbocycles. The van der Waals surface area contributed by atoms with Gasteiger partial charge in [0.1, 0.15) is 11.5 Å². The van der Waals surface area contributed by atoms with Crippen LogP contribution in [-0.2, 0) is 0 Å². The molecule has 0 radical (unpaired) electrons. The lowest BCUT2D eigenvalue weighted by Gasteiger charge is -2.21. The van der Waals surface area contributed by atoms with Gasteiger partial charge in [-0.05, 0) is 105 Å². The number of aromatic hydroxyl groups is 1. The Morgan fingerprint density at radius 3 is 1.97 bits per heavy atom. The average Bonchev–Trinajstić information content (AvgIpc) is 2.70. The molecule has 3 aromatic carbocycles. The quantitative estimate of drug-likeness (QED) is 0.382. The smallest absolute Gasteiger partial charge is 0.344 e. The largest absolute Gasteiger partial charge is 0.508 e. The van der Waals surface area contributed by atoms with Crippen molar-refractivity contribution >= 4 is 11.9 Å². The number of hydrogen-bond acceptors (Lipinski definition) is 4. The molecule has 0 spiro atoms. The molecule has 0 amide bonds. The molecule has 0 unspecified atom stereocenters. The first-order valence-electron chi connectivity index (χ1n) is 10.4. The van der Waals surface area contributed by atoms with Crippen molar-refractivity contribution in [2.24, 2.45) is 0 Å². The van der Waals surface area contributed by atoms with Crippen LogP contribution >= 0.6 is 0 Å². The Kier molecular flexibility index (Phi) is 6.13. The second-order valence-electron chi connectivity index (χ2n) is 8.33. The first-order chi connectivity index (χ1) is 15.0. The maximum atomic E-state index is 13.4. The van der Waals surface area contributed by atoms with E-state index < -0.39 is 11.9 Å². The van der Waals surface area contributed by atoms with Crippen molar-refractivity contribution in [2.45, 2.75) is 48.5 Å². The molecule has 32 heavy (non-hydrogen) atoms. The molecule has 0 aromatic heterocycles. The fraction of sp³-hybridized carbons (Fsp3) is 0.259. The highest BCUT2D eigenvalue weighted by molar-refractivity contribution is 5.99. The Morgan fingerprint density at radius 1 is 0.750 bits per heavy atom. The van der Waals surface area contributed by atoms with Gasteiger partial charge in [-0.1, -0.05) is 18.2 Å². The highest BCUT2D eigenvalue weighted by atomic mass is 16.5. The van der Waals surface area contributed by atoms with Gasteiger partial charge < -0.3 is 14.9 Å². The highest BCUT2D eigenvalue weighted by Gasteiger charge is 2.26. The molecule has 0 atom stereocenters. The van der Waals surface area contributed by atoms with Crippen molar-refractivity contribution in [3.63, 3.8) is 0 Å². The molecule has 166 valence electrons. The van der Waals surface area contributed by atoms with Gasteiger partial charge >= 0.3 is 11.9 Å². The minimum atomic E-state index is -1.05. The predicted molar refractivity (Wildman–Crippen MR) is 125 cm³/mol. The average molecular weight is 433 g/mol. The van der Waals surface area contributed by atoms with Crippen molar-refractivity contribution < 1.29 is 24.5 Å². The van der Waals surface area contributed by atoms with Crippen LogP contribution in [-0.4, -0.2) is 22.2 Å². The third-order valence-corrected chi connectivity index (χ3v) is 6.36. The summed E-state index contributed by atoms with van der Waals surface area (Å²) < 4.78 is 6.00. The van der Waals surface area contributed by atoms with Crippen molar-refractivity contribution in [1.82, 2.24) is 0 Å². The van der Waals surface area contributed by atoms with E-state index in [9.17, 15) is 19.8 Å². The van der Waals surface area contributed by atoms with Crippen LogP contribution in [0.25, 0.3) is 11.1 Å². The molecule has 3 aromatic rings. The number of hydrogen-bond donors (Lipinski definition) is 2. The monoisotopic (exact) mass is 432 g/mol. The highest BCUT2D eigenvalue weighted by Crippen LogP contribution is 2.42. The zero-order valence-corrected chi connectivity index (χ0v) is 19.5. The molecule has 0 aliphatic rings. The molecule has 5 nitrogen and oxygen atoms in total. The number of ether oxygens (including phenoxy) is 1. The van der Waals surface area contributed by atoms with Gasteiger partial charge in [-0.15, -0.1) is 0 Å².